The first kappa shape index (κ1) is 21.8. The molecule has 34 heavy (non-hydrogen) atoms. The van der Waals surface area contributed by atoms with Crippen LogP contribution in [0.5, 0.6) is 0 Å². The number of aromatic nitrogens is 4. The van der Waals surface area contributed by atoms with Crippen molar-refractivity contribution in [3.8, 4) is 0 Å². The predicted octanol–water partition coefficient (Wildman–Crippen LogP) is 3.16. The van der Waals surface area contributed by atoms with Crippen LogP contribution in [0.2, 0.25) is 0 Å². The quantitative estimate of drug-likeness (QED) is 0.458. The Kier molecular flexibility index (Phi) is 6.33. The second kappa shape index (κ2) is 9.86. The molecule has 1 saturated heterocycles. The van der Waals surface area contributed by atoms with E-state index in [1.165, 1.54) is 17.7 Å². The Bertz CT molecular complexity index is 1250. The van der Waals surface area contributed by atoms with E-state index in [4.69, 9.17) is 0 Å². The maximum atomic E-state index is 13.2. The van der Waals surface area contributed by atoms with Crippen molar-refractivity contribution in [1.29, 1.82) is 0 Å². The van der Waals surface area contributed by atoms with E-state index in [1.807, 2.05) is 35.2 Å². The van der Waals surface area contributed by atoms with Gasteiger partial charge in [0.1, 0.15) is 11.6 Å². The Hall–Kier alpha value is -4.01. The Morgan fingerprint density at radius 2 is 1.68 bits per heavy atom. The van der Waals surface area contributed by atoms with E-state index in [2.05, 4.69) is 37.6 Å². The maximum absolute atomic E-state index is 13.2. The summed E-state index contributed by atoms with van der Waals surface area (Å²) in [6, 6.07) is 20.3. The van der Waals surface area contributed by atoms with Crippen LogP contribution in [-0.4, -0.2) is 56.8 Å². The molecular formula is C25H26FN7O. The normalized spacial score (nSPS) is 13.9. The zero-order valence-corrected chi connectivity index (χ0v) is 18.8. The summed E-state index contributed by atoms with van der Waals surface area (Å²) in [6.45, 7) is 3.40. The molecule has 0 atom stereocenters. The minimum Gasteiger partial charge on any atom is -0.368 e. The van der Waals surface area contributed by atoms with E-state index in [0.29, 0.717) is 43.9 Å². The lowest BCUT2D eigenvalue weighted by Gasteiger charge is -2.36. The van der Waals surface area contributed by atoms with Gasteiger partial charge >= 0.3 is 0 Å². The first-order chi connectivity index (χ1) is 16.7. The monoisotopic (exact) mass is 459 g/mol. The number of nitrogens with one attached hydrogen (secondary N) is 1. The number of aryl methyl sites for hydroxylation is 1. The second-order valence-electron chi connectivity index (χ2n) is 8.29. The van der Waals surface area contributed by atoms with Crippen molar-refractivity contribution in [2.75, 3.05) is 36.4 Å². The number of rotatable bonds is 7. The van der Waals surface area contributed by atoms with Gasteiger partial charge in [0.05, 0.1) is 0 Å². The average molecular weight is 460 g/mol. The lowest BCUT2D eigenvalue weighted by molar-refractivity contribution is -0.131. The van der Waals surface area contributed by atoms with Crippen LogP contribution < -0.4 is 10.2 Å². The molecule has 0 spiro atoms. The number of nitrogens with zero attached hydrogens (tertiary/aromatic N) is 6. The summed E-state index contributed by atoms with van der Waals surface area (Å²) in [6.07, 6.45) is 0.814. The Morgan fingerprint density at radius 3 is 2.44 bits per heavy atom. The van der Waals surface area contributed by atoms with Gasteiger partial charge in [-0.2, -0.15) is 4.52 Å². The van der Waals surface area contributed by atoms with E-state index in [9.17, 15) is 9.18 Å². The molecule has 0 unspecified atom stereocenters. The van der Waals surface area contributed by atoms with Crippen molar-refractivity contribution in [2.24, 2.45) is 0 Å². The van der Waals surface area contributed by atoms with Gasteiger partial charge in [0, 0.05) is 51.3 Å². The molecule has 5 rings (SSSR count). The Morgan fingerprint density at radius 1 is 0.912 bits per heavy atom. The molecule has 1 aliphatic heterocycles. The zero-order chi connectivity index (χ0) is 23.3. The fraction of sp³-hybridized carbons (Fsp3) is 0.280. The van der Waals surface area contributed by atoms with Crippen LogP contribution >= 0.6 is 0 Å². The fourth-order valence-electron chi connectivity index (χ4n) is 4.11. The molecule has 0 bridgehead atoms. The largest absolute Gasteiger partial charge is 0.368 e. The van der Waals surface area contributed by atoms with E-state index in [-0.39, 0.29) is 11.7 Å². The number of halogens is 1. The van der Waals surface area contributed by atoms with Gasteiger partial charge in [-0.1, -0.05) is 30.3 Å². The minimum absolute atomic E-state index is 0.0915. The van der Waals surface area contributed by atoms with E-state index >= 15 is 0 Å². The van der Waals surface area contributed by atoms with Crippen molar-refractivity contribution < 1.29 is 9.18 Å². The number of carbonyl (C=O) groups is 1. The third-order valence-electron chi connectivity index (χ3n) is 6.03. The summed E-state index contributed by atoms with van der Waals surface area (Å²) < 4.78 is 14.9. The minimum atomic E-state index is -0.243. The highest BCUT2D eigenvalue weighted by atomic mass is 19.1. The van der Waals surface area contributed by atoms with Gasteiger partial charge in [0.25, 0.3) is 0 Å². The molecule has 4 aromatic rings. The predicted molar refractivity (Wildman–Crippen MR) is 128 cm³/mol. The standard InChI is InChI=1S/C25H26FN7O/c26-20-6-8-21(9-7-20)31-14-16-32(17-15-31)25(34)13-12-24-29-28-23-11-10-22(30-33(23)24)27-18-19-4-2-1-3-5-19/h1-11H,12-18H2,(H,27,30). The number of piperazine rings is 1. The molecule has 1 amide bonds. The number of amides is 1. The van der Waals surface area contributed by atoms with Gasteiger partial charge in [0.15, 0.2) is 11.5 Å². The summed E-state index contributed by atoms with van der Waals surface area (Å²) in [4.78, 5) is 16.9. The van der Waals surface area contributed by atoms with Gasteiger partial charge in [-0.25, -0.2) is 4.39 Å². The number of anilines is 2. The van der Waals surface area contributed by atoms with Crippen molar-refractivity contribution in [2.45, 2.75) is 19.4 Å². The molecule has 9 heteroatoms. The van der Waals surface area contributed by atoms with Gasteiger partial charge in [-0.05, 0) is 42.0 Å². The van der Waals surface area contributed by atoms with Crippen LogP contribution in [0.4, 0.5) is 15.9 Å². The van der Waals surface area contributed by atoms with Crippen LogP contribution in [0.1, 0.15) is 17.8 Å². The molecule has 0 saturated carbocycles. The highest BCUT2D eigenvalue weighted by molar-refractivity contribution is 5.76. The van der Waals surface area contributed by atoms with Crippen LogP contribution in [0.3, 0.4) is 0 Å². The fourth-order valence-corrected chi connectivity index (χ4v) is 4.11. The number of fused-ring (bicyclic) bond motifs is 1. The molecule has 8 nitrogen and oxygen atoms in total. The van der Waals surface area contributed by atoms with Crippen LogP contribution in [0, 0.1) is 5.82 Å². The average Bonchev–Trinajstić information content (AvgIpc) is 3.29. The summed E-state index contributed by atoms with van der Waals surface area (Å²) in [5.74, 6) is 1.23. The highest BCUT2D eigenvalue weighted by Crippen LogP contribution is 2.18. The van der Waals surface area contributed by atoms with Crippen LogP contribution in [-0.2, 0) is 17.8 Å². The Labute approximate surface area is 197 Å². The number of benzene rings is 2. The first-order valence-corrected chi connectivity index (χ1v) is 11.4. The van der Waals surface area contributed by atoms with Crippen molar-refractivity contribution >= 4 is 23.1 Å². The van der Waals surface area contributed by atoms with Gasteiger partial charge in [-0.15, -0.1) is 15.3 Å². The summed E-state index contributed by atoms with van der Waals surface area (Å²) >= 11 is 0. The van der Waals surface area contributed by atoms with Crippen LogP contribution in [0.25, 0.3) is 5.65 Å². The second-order valence-corrected chi connectivity index (χ2v) is 8.29. The molecule has 2 aromatic heterocycles. The van der Waals surface area contributed by atoms with Gasteiger partial charge in [0.2, 0.25) is 5.91 Å². The topological polar surface area (TPSA) is 78.7 Å². The molecule has 1 aliphatic rings. The zero-order valence-electron chi connectivity index (χ0n) is 18.8. The molecule has 2 aromatic carbocycles. The van der Waals surface area contributed by atoms with E-state index in [1.54, 1.807) is 16.6 Å². The first-order valence-electron chi connectivity index (χ1n) is 11.4. The van der Waals surface area contributed by atoms with Crippen molar-refractivity contribution in [3.05, 3.63) is 83.9 Å². The number of hydrogen-bond donors (Lipinski definition) is 1. The van der Waals surface area contributed by atoms with Crippen molar-refractivity contribution in [3.63, 3.8) is 0 Å². The molecular weight excluding hydrogens is 433 g/mol. The summed E-state index contributed by atoms with van der Waals surface area (Å²) in [5, 5.41) is 16.4. The molecule has 0 radical (unpaired) electrons. The third kappa shape index (κ3) is 4.98. The molecule has 1 N–H and O–H groups in total. The smallest absolute Gasteiger partial charge is 0.223 e. The lowest BCUT2D eigenvalue weighted by Crippen LogP contribution is -2.48. The van der Waals surface area contributed by atoms with Crippen LogP contribution in [0.15, 0.2) is 66.7 Å². The molecule has 174 valence electrons. The molecule has 0 aliphatic carbocycles. The lowest BCUT2D eigenvalue weighted by atomic mass is 10.2. The van der Waals surface area contributed by atoms with Crippen molar-refractivity contribution in [1.82, 2.24) is 24.7 Å². The molecule has 1 fully saturated rings. The third-order valence-corrected chi connectivity index (χ3v) is 6.03. The van der Waals surface area contributed by atoms with E-state index < -0.39 is 0 Å². The SMILES string of the molecule is O=C(CCc1nnc2ccc(NCc3ccccc3)nn12)N1CCN(c2ccc(F)cc2)CC1. The van der Waals surface area contributed by atoms with Gasteiger partial charge < -0.3 is 15.1 Å². The number of carbonyl (C=O) groups excluding carboxylic acids is 1. The van der Waals surface area contributed by atoms with E-state index in [0.717, 1.165) is 24.6 Å². The Balaban J connectivity index is 1.16. The molecule has 3 heterocycles. The maximum Gasteiger partial charge on any atom is 0.223 e. The highest BCUT2D eigenvalue weighted by Gasteiger charge is 2.22. The summed E-state index contributed by atoms with van der Waals surface area (Å²) in [5.41, 5.74) is 2.80. The summed E-state index contributed by atoms with van der Waals surface area (Å²) in [7, 11) is 0. The van der Waals surface area contributed by atoms with Gasteiger partial charge in [-0.3, -0.25) is 4.79 Å². The number of hydrogen-bond acceptors (Lipinski definition) is 6.